The van der Waals surface area contributed by atoms with Crippen LogP contribution in [0.1, 0.15) is 41.2 Å². The van der Waals surface area contributed by atoms with E-state index in [1.165, 1.54) is 22.0 Å². The number of ether oxygens (including phenoxy) is 1. The fraction of sp³-hybridized carbons (Fsp3) is 0.364. The lowest BCUT2D eigenvalue weighted by Gasteiger charge is -2.28. The highest BCUT2D eigenvalue weighted by Gasteiger charge is 2.28. The third kappa shape index (κ3) is 3.35. The molecule has 0 saturated heterocycles. The molecule has 5 nitrogen and oxygen atoms in total. The quantitative estimate of drug-likeness (QED) is 0.647. The van der Waals surface area contributed by atoms with Crippen LogP contribution in [0.15, 0.2) is 42.5 Å². The van der Waals surface area contributed by atoms with Crippen LogP contribution >= 0.6 is 0 Å². The number of aryl methyl sites for hydroxylation is 1. The standard InChI is InChI=1S/C22H25N3O2/c1-3-25-20-12-13-24(15-19(20)21(23-25)22(26)27-4-2)14-17-10-7-9-16-8-5-6-11-18(16)17/h5-11H,3-4,12-15H2,1-2H3. The maximum Gasteiger partial charge on any atom is 0.359 e. The lowest BCUT2D eigenvalue weighted by molar-refractivity contribution is 0.0515. The Kier molecular flexibility index (Phi) is 4.94. The summed E-state index contributed by atoms with van der Waals surface area (Å²) in [6, 6.07) is 15.0. The van der Waals surface area contributed by atoms with Crippen LogP contribution in [0.25, 0.3) is 10.8 Å². The minimum atomic E-state index is -0.312. The Morgan fingerprint density at radius 2 is 1.96 bits per heavy atom. The molecule has 4 rings (SSSR count). The molecule has 2 heterocycles. The van der Waals surface area contributed by atoms with Crippen molar-refractivity contribution in [2.24, 2.45) is 0 Å². The molecule has 1 aliphatic heterocycles. The van der Waals surface area contributed by atoms with Crippen molar-refractivity contribution >= 4 is 16.7 Å². The highest BCUT2D eigenvalue weighted by atomic mass is 16.5. The molecule has 0 saturated carbocycles. The second-order valence-corrected chi connectivity index (χ2v) is 6.91. The van der Waals surface area contributed by atoms with Crippen molar-refractivity contribution in [3.05, 3.63) is 65.0 Å². The summed E-state index contributed by atoms with van der Waals surface area (Å²) in [7, 11) is 0. The molecule has 0 bridgehead atoms. The van der Waals surface area contributed by atoms with Gasteiger partial charge in [-0.15, -0.1) is 0 Å². The van der Waals surface area contributed by atoms with Gasteiger partial charge in [-0.1, -0.05) is 42.5 Å². The molecule has 0 atom stereocenters. The van der Waals surface area contributed by atoms with E-state index in [9.17, 15) is 4.79 Å². The topological polar surface area (TPSA) is 47.4 Å². The van der Waals surface area contributed by atoms with Crippen molar-refractivity contribution in [2.75, 3.05) is 13.2 Å². The SMILES string of the molecule is CCOC(=O)c1nn(CC)c2c1CN(Cc1cccc3ccccc13)CC2. The van der Waals surface area contributed by atoms with Crippen molar-refractivity contribution < 1.29 is 9.53 Å². The van der Waals surface area contributed by atoms with Gasteiger partial charge in [-0.2, -0.15) is 5.10 Å². The Bertz CT molecular complexity index is 972. The number of rotatable bonds is 5. The highest BCUT2D eigenvalue weighted by molar-refractivity contribution is 5.89. The van der Waals surface area contributed by atoms with Crippen LogP contribution in [0.5, 0.6) is 0 Å². The zero-order valence-corrected chi connectivity index (χ0v) is 15.9. The number of benzene rings is 2. The van der Waals surface area contributed by atoms with Crippen molar-refractivity contribution in [3.63, 3.8) is 0 Å². The molecule has 0 N–H and O–H groups in total. The maximum absolute atomic E-state index is 12.4. The third-order valence-electron chi connectivity index (χ3n) is 5.26. The normalized spacial score (nSPS) is 14.3. The summed E-state index contributed by atoms with van der Waals surface area (Å²) < 4.78 is 7.18. The molecule has 0 spiro atoms. The molecule has 5 heteroatoms. The zero-order valence-electron chi connectivity index (χ0n) is 15.9. The number of fused-ring (bicyclic) bond motifs is 2. The zero-order chi connectivity index (χ0) is 18.8. The van der Waals surface area contributed by atoms with Crippen molar-refractivity contribution in [2.45, 2.75) is 39.9 Å². The maximum atomic E-state index is 12.4. The second kappa shape index (κ2) is 7.53. The van der Waals surface area contributed by atoms with Gasteiger partial charge in [0, 0.05) is 43.9 Å². The van der Waals surface area contributed by atoms with Gasteiger partial charge >= 0.3 is 5.97 Å². The van der Waals surface area contributed by atoms with E-state index >= 15 is 0 Å². The number of nitrogens with zero attached hydrogens (tertiary/aromatic N) is 3. The molecular formula is C22H25N3O2. The molecule has 0 fully saturated rings. The van der Waals surface area contributed by atoms with E-state index in [0.717, 1.165) is 38.2 Å². The predicted molar refractivity (Wildman–Crippen MR) is 106 cm³/mol. The molecule has 140 valence electrons. The molecule has 27 heavy (non-hydrogen) atoms. The fourth-order valence-corrected chi connectivity index (χ4v) is 3.98. The first kappa shape index (κ1) is 17.7. The molecule has 1 aromatic heterocycles. The smallest absolute Gasteiger partial charge is 0.359 e. The van der Waals surface area contributed by atoms with Gasteiger partial charge in [0.2, 0.25) is 0 Å². The van der Waals surface area contributed by atoms with Gasteiger partial charge in [0.1, 0.15) is 0 Å². The average Bonchev–Trinajstić information content (AvgIpc) is 3.07. The number of carbonyl (C=O) groups excluding carboxylic acids is 1. The summed E-state index contributed by atoms with van der Waals surface area (Å²) >= 11 is 0. The van der Waals surface area contributed by atoms with E-state index < -0.39 is 0 Å². The largest absolute Gasteiger partial charge is 0.461 e. The van der Waals surface area contributed by atoms with Gasteiger partial charge in [-0.05, 0) is 30.2 Å². The van der Waals surface area contributed by atoms with Gasteiger partial charge in [-0.25, -0.2) is 4.79 Å². The van der Waals surface area contributed by atoms with Crippen LogP contribution in [-0.4, -0.2) is 33.8 Å². The first-order valence-corrected chi connectivity index (χ1v) is 9.66. The van der Waals surface area contributed by atoms with E-state index in [0.29, 0.717) is 12.3 Å². The Morgan fingerprint density at radius 3 is 2.78 bits per heavy atom. The van der Waals surface area contributed by atoms with Crippen LogP contribution in [0.3, 0.4) is 0 Å². The lowest BCUT2D eigenvalue weighted by Crippen LogP contribution is -2.31. The number of hydrogen-bond acceptors (Lipinski definition) is 4. The van der Waals surface area contributed by atoms with Crippen LogP contribution in [0, 0.1) is 0 Å². The molecule has 0 radical (unpaired) electrons. The highest BCUT2D eigenvalue weighted by Crippen LogP contribution is 2.26. The summed E-state index contributed by atoms with van der Waals surface area (Å²) in [5, 5.41) is 7.09. The molecular weight excluding hydrogens is 338 g/mol. The second-order valence-electron chi connectivity index (χ2n) is 6.91. The van der Waals surface area contributed by atoms with Gasteiger partial charge in [0.25, 0.3) is 0 Å². The number of esters is 1. The predicted octanol–water partition coefficient (Wildman–Crippen LogP) is 3.79. The Balaban J connectivity index is 1.62. The monoisotopic (exact) mass is 363 g/mol. The Morgan fingerprint density at radius 1 is 1.15 bits per heavy atom. The summed E-state index contributed by atoms with van der Waals surface area (Å²) in [5.74, 6) is -0.312. The van der Waals surface area contributed by atoms with Gasteiger partial charge in [0.05, 0.1) is 6.61 Å². The van der Waals surface area contributed by atoms with Crippen molar-refractivity contribution in [3.8, 4) is 0 Å². The van der Waals surface area contributed by atoms with Crippen LogP contribution in [0.4, 0.5) is 0 Å². The van der Waals surface area contributed by atoms with Crippen LogP contribution < -0.4 is 0 Å². The Hall–Kier alpha value is -2.66. The third-order valence-corrected chi connectivity index (χ3v) is 5.26. The molecule has 0 unspecified atom stereocenters. The number of carbonyl (C=O) groups is 1. The fourth-order valence-electron chi connectivity index (χ4n) is 3.98. The van der Waals surface area contributed by atoms with E-state index in [1.54, 1.807) is 0 Å². The summed E-state index contributed by atoms with van der Waals surface area (Å²) in [5.41, 5.74) is 4.00. The summed E-state index contributed by atoms with van der Waals surface area (Å²) in [6.45, 7) is 7.58. The summed E-state index contributed by atoms with van der Waals surface area (Å²) in [4.78, 5) is 14.8. The minimum absolute atomic E-state index is 0.312. The first-order valence-electron chi connectivity index (χ1n) is 9.66. The number of hydrogen-bond donors (Lipinski definition) is 0. The van der Waals surface area contributed by atoms with Crippen molar-refractivity contribution in [1.82, 2.24) is 14.7 Å². The van der Waals surface area contributed by atoms with Gasteiger partial charge < -0.3 is 4.74 Å². The molecule has 3 aromatic rings. The molecule has 2 aromatic carbocycles. The van der Waals surface area contributed by atoms with Crippen LogP contribution in [0.2, 0.25) is 0 Å². The minimum Gasteiger partial charge on any atom is -0.461 e. The molecule has 0 amide bonds. The average molecular weight is 363 g/mol. The van der Waals surface area contributed by atoms with E-state index in [2.05, 4.69) is 59.4 Å². The summed E-state index contributed by atoms with van der Waals surface area (Å²) in [6.07, 6.45) is 0.903. The lowest BCUT2D eigenvalue weighted by atomic mass is 10.0. The molecule has 0 aliphatic carbocycles. The van der Waals surface area contributed by atoms with E-state index in [4.69, 9.17) is 4.74 Å². The van der Waals surface area contributed by atoms with E-state index in [1.807, 2.05) is 11.6 Å². The number of aromatic nitrogens is 2. The van der Waals surface area contributed by atoms with Gasteiger partial charge in [0.15, 0.2) is 5.69 Å². The van der Waals surface area contributed by atoms with Crippen molar-refractivity contribution in [1.29, 1.82) is 0 Å². The Labute approximate surface area is 159 Å². The van der Waals surface area contributed by atoms with Gasteiger partial charge in [-0.3, -0.25) is 9.58 Å². The molecule has 1 aliphatic rings. The first-order chi connectivity index (χ1) is 13.2. The van der Waals surface area contributed by atoms with E-state index in [-0.39, 0.29) is 5.97 Å². The van der Waals surface area contributed by atoms with Crippen LogP contribution in [-0.2, 0) is 30.8 Å².